The molecule has 5 heteroatoms. The van der Waals surface area contributed by atoms with Gasteiger partial charge < -0.3 is 10.2 Å². The van der Waals surface area contributed by atoms with Crippen molar-refractivity contribution in [3.05, 3.63) is 22.8 Å². The predicted octanol–water partition coefficient (Wildman–Crippen LogP) is 2.73. The first-order valence-corrected chi connectivity index (χ1v) is 3.84. The molecule has 78 valence electrons. The van der Waals surface area contributed by atoms with E-state index in [1.165, 1.54) is 13.8 Å². The molecule has 0 saturated carbocycles. The molecule has 0 amide bonds. The molecule has 0 unspecified atom stereocenters. The number of aromatic hydroxyl groups is 2. The third-order valence-corrected chi connectivity index (χ3v) is 2.14. The van der Waals surface area contributed by atoms with Crippen molar-refractivity contribution in [3.63, 3.8) is 0 Å². The first-order valence-electron chi connectivity index (χ1n) is 3.84. The largest absolute Gasteiger partial charge is 0.508 e. The maximum absolute atomic E-state index is 12.3. The van der Waals surface area contributed by atoms with E-state index in [1.54, 1.807) is 0 Å². The van der Waals surface area contributed by atoms with Crippen LogP contribution in [0.2, 0.25) is 0 Å². The molecule has 2 N–H and O–H groups in total. The molecular formula is C9H9F3O2. The molecule has 0 radical (unpaired) electrons. The lowest BCUT2D eigenvalue weighted by Gasteiger charge is -2.13. The molecule has 0 spiro atoms. The Balaban J connectivity index is 3.49. The quantitative estimate of drug-likeness (QED) is 0.641. The Morgan fingerprint density at radius 3 is 2.00 bits per heavy atom. The average molecular weight is 206 g/mol. The summed E-state index contributed by atoms with van der Waals surface area (Å²) in [4.78, 5) is 0. The highest BCUT2D eigenvalue weighted by atomic mass is 19.4. The molecule has 0 heterocycles. The summed E-state index contributed by atoms with van der Waals surface area (Å²) in [6, 6.07) is 0.525. The van der Waals surface area contributed by atoms with Crippen molar-refractivity contribution in [2.45, 2.75) is 20.0 Å². The number of hydrogen-bond acceptors (Lipinski definition) is 2. The predicted molar refractivity (Wildman–Crippen MR) is 44.2 cm³/mol. The fraction of sp³-hybridized carbons (Fsp3) is 0.333. The van der Waals surface area contributed by atoms with Crippen LogP contribution < -0.4 is 0 Å². The van der Waals surface area contributed by atoms with Crippen LogP contribution in [0.3, 0.4) is 0 Å². The topological polar surface area (TPSA) is 40.5 Å². The summed E-state index contributed by atoms with van der Waals surface area (Å²) in [6.45, 7) is 2.75. The second-order valence-electron chi connectivity index (χ2n) is 3.04. The van der Waals surface area contributed by atoms with Gasteiger partial charge in [0, 0.05) is 0 Å². The molecule has 2 nitrogen and oxygen atoms in total. The summed E-state index contributed by atoms with van der Waals surface area (Å²) in [5.41, 5.74) is -0.925. The first-order chi connectivity index (χ1) is 6.25. The molecule has 1 aromatic carbocycles. The van der Waals surface area contributed by atoms with Crippen molar-refractivity contribution in [1.29, 1.82) is 0 Å². The Bertz CT molecular complexity index is 369. The van der Waals surface area contributed by atoms with Crippen molar-refractivity contribution < 1.29 is 23.4 Å². The van der Waals surface area contributed by atoms with E-state index in [-0.39, 0.29) is 11.1 Å². The third kappa shape index (κ3) is 1.62. The first kappa shape index (κ1) is 10.7. The van der Waals surface area contributed by atoms with Crippen LogP contribution in [0.25, 0.3) is 0 Å². The minimum Gasteiger partial charge on any atom is -0.508 e. The van der Waals surface area contributed by atoms with Gasteiger partial charge in [-0.25, -0.2) is 0 Å². The van der Waals surface area contributed by atoms with Crippen molar-refractivity contribution >= 4 is 0 Å². The van der Waals surface area contributed by atoms with Gasteiger partial charge in [-0.3, -0.25) is 0 Å². The summed E-state index contributed by atoms with van der Waals surface area (Å²) in [5, 5.41) is 18.4. The van der Waals surface area contributed by atoms with Gasteiger partial charge in [-0.05, 0) is 31.0 Å². The molecule has 0 bridgehead atoms. The molecule has 0 fully saturated rings. The molecule has 0 saturated heterocycles. The zero-order chi connectivity index (χ0) is 11.1. The zero-order valence-electron chi connectivity index (χ0n) is 7.61. The van der Waals surface area contributed by atoms with E-state index in [9.17, 15) is 18.3 Å². The van der Waals surface area contributed by atoms with Gasteiger partial charge in [-0.1, -0.05) is 0 Å². The van der Waals surface area contributed by atoms with E-state index in [2.05, 4.69) is 0 Å². The van der Waals surface area contributed by atoms with Gasteiger partial charge in [0.15, 0.2) is 0 Å². The number of phenolic OH excluding ortho intramolecular Hbond substituents is 2. The zero-order valence-corrected chi connectivity index (χ0v) is 7.61. The molecule has 0 aliphatic carbocycles. The molecule has 0 aliphatic rings. The smallest absolute Gasteiger partial charge is 0.420 e. The van der Waals surface area contributed by atoms with Crippen LogP contribution in [-0.4, -0.2) is 10.2 Å². The number of benzene rings is 1. The molecule has 0 aliphatic heterocycles. The molecule has 1 rings (SSSR count). The highest BCUT2D eigenvalue weighted by Gasteiger charge is 2.35. The summed E-state index contributed by atoms with van der Waals surface area (Å²) in [6.07, 6.45) is -4.65. The molecule has 14 heavy (non-hydrogen) atoms. The van der Waals surface area contributed by atoms with Crippen molar-refractivity contribution in [3.8, 4) is 11.5 Å². The van der Waals surface area contributed by atoms with Gasteiger partial charge in [0.2, 0.25) is 0 Å². The lowest BCUT2D eigenvalue weighted by molar-refractivity contribution is -0.138. The van der Waals surface area contributed by atoms with Crippen molar-refractivity contribution in [1.82, 2.24) is 0 Å². The van der Waals surface area contributed by atoms with Crippen LogP contribution in [-0.2, 0) is 6.18 Å². The fourth-order valence-electron chi connectivity index (χ4n) is 1.10. The fourth-order valence-corrected chi connectivity index (χ4v) is 1.10. The second kappa shape index (κ2) is 3.08. The van der Waals surface area contributed by atoms with E-state index in [1.807, 2.05) is 0 Å². The standard InChI is InChI=1S/C9H9F3O2/c1-4-5(2)8(14)6(3-7(4)13)9(10,11)12/h3,13-14H,1-2H3. The van der Waals surface area contributed by atoms with Gasteiger partial charge in [-0.2, -0.15) is 13.2 Å². The van der Waals surface area contributed by atoms with Gasteiger partial charge in [-0.15, -0.1) is 0 Å². The van der Waals surface area contributed by atoms with Crippen LogP contribution in [0.4, 0.5) is 13.2 Å². The van der Waals surface area contributed by atoms with E-state index in [4.69, 9.17) is 5.11 Å². The van der Waals surface area contributed by atoms with Crippen LogP contribution in [0, 0.1) is 13.8 Å². The molecule has 0 atom stereocenters. The molecule has 0 aromatic heterocycles. The Labute approximate surface area is 78.6 Å². The Kier molecular flexibility index (Phi) is 2.35. The normalized spacial score (nSPS) is 11.8. The average Bonchev–Trinajstić information content (AvgIpc) is 2.06. The lowest BCUT2D eigenvalue weighted by atomic mass is 10.0. The van der Waals surface area contributed by atoms with Crippen LogP contribution in [0.15, 0.2) is 6.07 Å². The third-order valence-electron chi connectivity index (χ3n) is 2.14. The summed E-state index contributed by atoms with van der Waals surface area (Å²) in [5.74, 6) is -1.29. The van der Waals surface area contributed by atoms with E-state index in [0.717, 1.165) is 0 Å². The van der Waals surface area contributed by atoms with E-state index >= 15 is 0 Å². The van der Waals surface area contributed by atoms with Crippen molar-refractivity contribution in [2.24, 2.45) is 0 Å². The van der Waals surface area contributed by atoms with Crippen LogP contribution in [0.5, 0.6) is 11.5 Å². The minimum absolute atomic E-state index is 0.0392. The number of halogens is 3. The summed E-state index contributed by atoms with van der Waals surface area (Å²) in [7, 11) is 0. The summed E-state index contributed by atoms with van der Waals surface area (Å²) < 4.78 is 36.8. The van der Waals surface area contributed by atoms with Gasteiger partial charge in [0.05, 0.1) is 0 Å². The number of phenols is 2. The Hall–Kier alpha value is -1.39. The van der Waals surface area contributed by atoms with Gasteiger partial charge in [0.1, 0.15) is 17.1 Å². The van der Waals surface area contributed by atoms with Gasteiger partial charge >= 0.3 is 6.18 Å². The highest BCUT2D eigenvalue weighted by molar-refractivity contribution is 5.52. The summed E-state index contributed by atoms with van der Waals surface area (Å²) >= 11 is 0. The maximum Gasteiger partial charge on any atom is 0.420 e. The monoisotopic (exact) mass is 206 g/mol. The van der Waals surface area contributed by atoms with E-state index < -0.39 is 23.2 Å². The number of hydrogen-bond donors (Lipinski definition) is 2. The Morgan fingerprint density at radius 2 is 1.57 bits per heavy atom. The molecule has 1 aromatic rings. The lowest BCUT2D eigenvalue weighted by Crippen LogP contribution is -2.06. The van der Waals surface area contributed by atoms with E-state index in [0.29, 0.717) is 6.07 Å². The van der Waals surface area contributed by atoms with Crippen LogP contribution in [0.1, 0.15) is 16.7 Å². The van der Waals surface area contributed by atoms with Crippen molar-refractivity contribution in [2.75, 3.05) is 0 Å². The number of rotatable bonds is 0. The second-order valence-corrected chi connectivity index (χ2v) is 3.04. The minimum atomic E-state index is -4.65. The van der Waals surface area contributed by atoms with Gasteiger partial charge in [0.25, 0.3) is 0 Å². The number of alkyl halides is 3. The van der Waals surface area contributed by atoms with Crippen LogP contribution >= 0.6 is 0 Å². The highest BCUT2D eigenvalue weighted by Crippen LogP contribution is 2.41. The Morgan fingerprint density at radius 1 is 1.07 bits per heavy atom. The molecular weight excluding hydrogens is 197 g/mol. The maximum atomic E-state index is 12.3. The SMILES string of the molecule is Cc1c(O)cc(C(F)(F)F)c(O)c1C.